The molecule has 0 fully saturated rings. The summed E-state index contributed by atoms with van der Waals surface area (Å²) in [4.78, 5) is 0. The fourth-order valence-corrected chi connectivity index (χ4v) is 15.7. The minimum absolute atomic E-state index is 1.34. The van der Waals surface area contributed by atoms with Gasteiger partial charge >= 0.3 is 0 Å². The Labute approximate surface area is 225 Å². The molecule has 8 rings (SSSR count). The molecule has 182 valence electrons. The van der Waals surface area contributed by atoms with Gasteiger partial charge in [0.05, 0.1) is 15.2 Å². The Morgan fingerprint density at radius 3 is 0.842 bits per heavy atom. The highest BCUT2D eigenvalue weighted by molar-refractivity contribution is 7.50. The maximum atomic E-state index is 2.62. The Morgan fingerprint density at radius 2 is 0.553 bits per heavy atom. The highest BCUT2D eigenvalue weighted by Crippen LogP contribution is 2.37. The first-order valence-electron chi connectivity index (χ1n) is 13.7. The molecule has 0 unspecified atom stereocenters. The van der Waals surface area contributed by atoms with Crippen molar-refractivity contribution in [3.8, 4) is 0 Å². The maximum Gasteiger partial charge on any atom is 0.0792 e. The topological polar surface area (TPSA) is 0 Å². The monoisotopic (exact) mass is 518 g/mol. The summed E-state index contributed by atoms with van der Waals surface area (Å²) >= 11 is 0. The lowest BCUT2D eigenvalue weighted by Crippen LogP contribution is -2.69. The third-order valence-electron chi connectivity index (χ3n) is 9.93. The molecule has 0 saturated carbocycles. The summed E-state index contributed by atoms with van der Waals surface area (Å²) in [7, 11) is -3.68. The normalized spacial score (nSPS) is 13.3. The second-order valence-corrected chi connectivity index (χ2v) is 27.4. The Kier molecular flexibility index (Phi) is 4.36. The highest BCUT2D eigenvalue weighted by atomic mass is 29.3. The first-order chi connectivity index (χ1) is 18.3. The zero-order valence-electron chi connectivity index (χ0n) is 22.4. The van der Waals surface area contributed by atoms with Gasteiger partial charge < -0.3 is 0 Å². The standard InChI is InChI=1S/C36H30Si2/c1-37(2,31-19-27-15-11-23-7-5-8-24-12-16-28(20-31)35(27)33(23)24)38(3,4)32-21-29-17-13-25-9-6-10-26-14-18-30(22-32)36(29)34(25)26/h5-22H,1-4H3. The summed E-state index contributed by atoms with van der Waals surface area (Å²) in [6.45, 7) is 10.5. The number of rotatable bonds is 3. The molecule has 0 aliphatic rings. The Hall–Kier alpha value is -3.73. The fraction of sp³-hybridized carbons (Fsp3) is 0.111. The molecule has 0 aliphatic heterocycles. The maximum absolute atomic E-state index is 2.62. The van der Waals surface area contributed by atoms with Gasteiger partial charge in [0.15, 0.2) is 0 Å². The van der Waals surface area contributed by atoms with Gasteiger partial charge in [-0.05, 0) is 64.6 Å². The van der Waals surface area contributed by atoms with Crippen LogP contribution in [0.4, 0.5) is 0 Å². The first-order valence-corrected chi connectivity index (χ1v) is 20.7. The molecule has 0 saturated heterocycles. The van der Waals surface area contributed by atoms with Gasteiger partial charge in [0.1, 0.15) is 0 Å². The fourth-order valence-electron chi connectivity index (χ4n) is 6.95. The first kappa shape index (κ1) is 22.3. The quantitative estimate of drug-likeness (QED) is 0.162. The summed E-state index contributed by atoms with van der Waals surface area (Å²) in [6, 6.07) is 42.1. The lowest BCUT2D eigenvalue weighted by molar-refractivity contribution is 1.73. The van der Waals surface area contributed by atoms with E-state index in [1.165, 1.54) is 64.6 Å². The lowest BCUT2D eigenvalue weighted by Gasteiger charge is -2.40. The van der Waals surface area contributed by atoms with E-state index in [0.29, 0.717) is 0 Å². The van der Waals surface area contributed by atoms with E-state index in [0.717, 1.165) is 0 Å². The average molecular weight is 519 g/mol. The Bertz CT molecular complexity index is 1900. The zero-order chi connectivity index (χ0) is 25.8. The Morgan fingerprint density at radius 1 is 0.316 bits per heavy atom. The summed E-state index contributed by atoms with van der Waals surface area (Å²) in [5.41, 5.74) is 0. The van der Waals surface area contributed by atoms with Crippen LogP contribution in [-0.2, 0) is 0 Å². The van der Waals surface area contributed by atoms with Crippen molar-refractivity contribution >= 4 is 90.2 Å². The molecule has 8 aromatic rings. The molecule has 0 bridgehead atoms. The van der Waals surface area contributed by atoms with Gasteiger partial charge in [0, 0.05) is 0 Å². The molecular formula is C36H30Si2. The van der Waals surface area contributed by atoms with Crippen molar-refractivity contribution in [2.75, 3.05) is 0 Å². The van der Waals surface area contributed by atoms with Crippen molar-refractivity contribution in [1.29, 1.82) is 0 Å². The van der Waals surface area contributed by atoms with Gasteiger partial charge in [-0.3, -0.25) is 0 Å². The molecule has 0 spiro atoms. The van der Waals surface area contributed by atoms with E-state index >= 15 is 0 Å². The van der Waals surface area contributed by atoms with E-state index in [9.17, 15) is 0 Å². The zero-order valence-corrected chi connectivity index (χ0v) is 24.4. The van der Waals surface area contributed by atoms with Crippen LogP contribution < -0.4 is 10.4 Å². The van der Waals surface area contributed by atoms with Crippen LogP contribution in [-0.4, -0.2) is 15.2 Å². The molecule has 0 amide bonds. The second-order valence-electron chi connectivity index (χ2n) is 12.3. The minimum Gasteiger partial charge on any atom is -0.0671 e. The van der Waals surface area contributed by atoms with Crippen molar-refractivity contribution < 1.29 is 0 Å². The van der Waals surface area contributed by atoms with Crippen LogP contribution in [0.25, 0.3) is 64.6 Å². The molecule has 0 aromatic heterocycles. The SMILES string of the molecule is C[Si](C)(c1cc2ccc3cccc4ccc(c1)c2c34)[Si](C)(C)c1cc2ccc3cccc4ccc(c1)c2c34. The summed E-state index contributed by atoms with van der Waals surface area (Å²) < 4.78 is 0. The van der Waals surface area contributed by atoms with Gasteiger partial charge in [-0.25, -0.2) is 0 Å². The van der Waals surface area contributed by atoms with Gasteiger partial charge in [-0.15, -0.1) is 0 Å². The molecule has 0 atom stereocenters. The predicted molar refractivity (Wildman–Crippen MR) is 175 cm³/mol. The van der Waals surface area contributed by atoms with Crippen molar-refractivity contribution in [2.45, 2.75) is 26.2 Å². The smallest absolute Gasteiger partial charge is 0.0671 e. The van der Waals surface area contributed by atoms with Crippen LogP contribution in [0.1, 0.15) is 0 Å². The molecule has 0 N–H and O–H groups in total. The largest absolute Gasteiger partial charge is 0.0792 e. The van der Waals surface area contributed by atoms with Crippen LogP contribution in [0.3, 0.4) is 0 Å². The second kappa shape index (κ2) is 7.44. The van der Waals surface area contributed by atoms with E-state index in [4.69, 9.17) is 0 Å². The van der Waals surface area contributed by atoms with Crippen molar-refractivity contribution in [1.82, 2.24) is 0 Å². The van der Waals surface area contributed by atoms with E-state index in [1.807, 2.05) is 0 Å². The summed E-state index contributed by atoms with van der Waals surface area (Å²) in [5, 5.41) is 19.8. The lowest BCUT2D eigenvalue weighted by atomic mass is 9.94. The van der Waals surface area contributed by atoms with Crippen LogP contribution in [0.2, 0.25) is 26.2 Å². The minimum atomic E-state index is -1.84. The Balaban J connectivity index is 1.34. The van der Waals surface area contributed by atoms with Gasteiger partial charge in [-0.2, -0.15) is 0 Å². The molecule has 2 heteroatoms. The van der Waals surface area contributed by atoms with Crippen molar-refractivity contribution in [3.63, 3.8) is 0 Å². The third-order valence-corrected chi connectivity index (χ3v) is 27.6. The summed E-state index contributed by atoms with van der Waals surface area (Å²) in [6.07, 6.45) is 0. The third kappa shape index (κ3) is 2.85. The molecule has 0 radical (unpaired) electrons. The number of hydrogen-bond acceptors (Lipinski definition) is 0. The molecular weight excluding hydrogens is 489 g/mol. The number of benzene rings is 8. The molecule has 0 heterocycles. The van der Waals surface area contributed by atoms with Crippen LogP contribution in [0, 0.1) is 0 Å². The molecule has 8 aromatic carbocycles. The average Bonchev–Trinajstić information content (AvgIpc) is 2.94. The van der Waals surface area contributed by atoms with E-state index in [-0.39, 0.29) is 0 Å². The number of hydrogen-bond donors (Lipinski definition) is 0. The van der Waals surface area contributed by atoms with Gasteiger partial charge in [-0.1, -0.05) is 146 Å². The van der Waals surface area contributed by atoms with Crippen LogP contribution >= 0.6 is 0 Å². The highest BCUT2D eigenvalue weighted by Gasteiger charge is 2.44. The predicted octanol–water partition coefficient (Wildman–Crippen LogP) is 9.09. The molecule has 0 aliphatic carbocycles. The molecule has 0 nitrogen and oxygen atoms in total. The van der Waals surface area contributed by atoms with Gasteiger partial charge in [0.25, 0.3) is 0 Å². The van der Waals surface area contributed by atoms with E-state index in [2.05, 4.69) is 135 Å². The molecule has 38 heavy (non-hydrogen) atoms. The van der Waals surface area contributed by atoms with Crippen molar-refractivity contribution in [2.24, 2.45) is 0 Å². The van der Waals surface area contributed by atoms with E-state index in [1.54, 1.807) is 10.4 Å². The van der Waals surface area contributed by atoms with Crippen LogP contribution in [0.5, 0.6) is 0 Å². The van der Waals surface area contributed by atoms with Crippen molar-refractivity contribution in [3.05, 3.63) is 109 Å². The van der Waals surface area contributed by atoms with Gasteiger partial charge in [0.2, 0.25) is 0 Å². The summed E-state index contributed by atoms with van der Waals surface area (Å²) in [5.74, 6) is 0. The van der Waals surface area contributed by atoms with E-state index < -0.39 is 15.2 Å². The van der Waals surface area contributed by atoms with Crippen LogP contribution in [0.15, 0.2) is 109 Å².